The van der Waals surface area contributed by atoms with Crippen molar-refractivity contribution in [2.75, 3.05) is 36.2 Å². The van der Waals surface area contributed by atoms with Crippen molar-refractivity contribution in [3.8, 4) is 0 Å². The van der Waals surface area contributed by atoms with Crippen LogP contribution in [-0.4, -0.2) is 35.6 Å². The van der Waals surface area contributed by atoms with Crippen molar-refractivity contribution in [3.63, 3.8) is 0 Å². The molecule has 4 nitrogen and oxygen atoms in total. The first-order valence-electron chi connectivity index (χ1n) is 6.97. The van der Waals surface area contributed by atoms with Gasteiger partial charge in [0, 0.05) is 25.6 Å². The molecule has 0 aliphatic rings. The second-order valence-electron chi connectivity index (χ2n) is 4.88. The number of hydrogen-bond acceptors (Lipinski definition) is 5. The zero-order chi connectivity index (χ0) is 14.1. The number of hydrogen-bond donors (Lipinski definition) is 2. The summed E-state index contributed by atoms with van der Waals surface area (Å²) in [6, 6.07) is 1.97. The highest BCUT2D eigenvalue weighted by atomic mass is 32.2. The lowest BCUT2D eigenvalue weighted by Crippen LogP contribution is -2.08. The zero-order valence-electron chi connectivity index (χ0n) is 12.5. The molecule has 19 heavy (non-hydrogen) atoms. The summed E-state index contributed by atoms with van der Waals surface area (Å²) in [7, 11) is 1.89. The van der Waals surface area contributed by atoms with Gasteiger partial charge in [-0.1, -0.05) is 20.3 Å². The highest BCUT2D eigenvalue weighted by Gasteiger charge is 2.06. The van der Waals surface area contributed by atoms with Crippen LogP contribution in [0.2, 0.25) is 0 Å². The highest BCUT2D eigenvalue weighted by Crippen LogP contribution is 2.16. The molecule has 0 radical (unpaired) electrons. The van der Waals surface area contributed by atoms with Crippen LogP contribution < -0.4 is 10.6 Å². The number of nitrogens with zero attached hydrogens (tertiary/aromatic N) is 2. The smallest absolute Gasteiger partial charge is 0.135 e. The Morgan fingerprint density at radius 3 is 2.53 bits per heavy atom. The van der Waals surface area contributed by atoms with Crippen molar-refractivity contribution < 1.29 is 0 Å². The molecule has 108 valence electrons. The largest absolute Gasteiger partial charge is 0.373 e. The summed E-state index contributed by atoms with van der Waals surface area (Å²) in [5.74, 6) is 4.29. The Labute approximate surface area is 121 Å². The molecule has 1 rings (SSSR count). The van der Waals surface area contributed by atoms with Gasteiger partial charge in [-0.3, -0.25) is 0 Å². The maximum absolute atomic E-state index is 4.55. The first-order valence-corrected chi connectivity index (χ1v) is 8.36. The molecular formula is C14H26N4S. The zero-order valence-corrected chi connectivity index (χ0v) is 13.3. The summed E-state index contributed by atoms with van der Waals surface area (Å²) in [5.41, 5.74) is 0. The number of rotatable bonds is 9. The van der Waals surface area contributed by atoms with Crippen molar-refractivity contribution in [1.29, 1.82) is 0 Å². The van der Waals surface area contributed by atoms with Crippen LogP contribution in [0.1, 0.15) is 44.9 Å². The Kier molecular flexibility index (Phi) is 7.63. The number of thioether (sulfide) groups is 1. The van der Waals surface area contributed by atoms with Gasteiger partial charge >= 0.3 is 0 Å². The van der Waals surface area contributed by atoms with Gasteiger partial charge < -0.3 is 10.6 Å². The van der Waals surface area contributed by atoms with E-state index in [2.05, 4.69) is 40.7 Å². The molecular weight excluding hydrogens is 256 g/mol. The summed E-state index contributed by atoms with van der Waals surface area (Å²) in [4.78, 5) is 9.00. The third-order valence-electron chi connectivity index (χ3n) is 2.85. The summed E-state index contributed by atoms with van der Waals surface area (Å²) in [6.45, 7) is 5.20. The molecule has 0 unspecified atom stereocenters. The fraction of sp³-hybridized carbons (Fsp3) is 0.714. The first kappa shape index (κ1) is 16.1. The molecule has 0 aliphatic carbocycles. The minimum atomic E-state index is 0.343. The minimum Gasteiger partial charge on any atom is -0.373 e. The topological polar surface area (TPSA) is 49.8 Å². The van der Waals surface area contributed by atoms with Crippen LogP contribution in [0.25, 0.3) is 0 Å². The predicted octanol–water partition coefficient (Wildman–Crippen LogP) is 3.59. The summed E-state index contributed by atoms with van der Waals surface area (Å²) >= 11 is 1.92. The molecule has 0 saturated carbocycles. The molecule has 0 saturated heterocycles. The van der Waals surface area contributed by atoms with Gasteiger partial charge in [-0.05, 0) is 24.9 Å². The maximum atomic E-state index is 4.55. The van der Waals surface area contributed by atoms with E-state index >= 15 is 0 Å². The van der Waals surface area contributed by atoms with Gasteiger partial charge in [-0.2, -0.15) is 11.8 Å². The molecule has 0 fully saturated rings. The molecule has 1 heterocycles. The van der Waals surface area contributed by atoms with E-state index in [-0.39, 0.29) is 0 Å². The van der Waals surface area contributed by atoms with E-state index in [0.717, 1.165) is 24.0 Å². The van der Waals surface area contributed by atoms with Crippen LogP contribution in [0.5, 0.6) is 0 Å². The standard InChI is InChI=1S/C14H26N4S/c1-11(2)14-17-12(15-3)10-13(18-14)16-8-6-5-7-9-19-4/h10-11H,5-9H2,1-4H3,(H2,15,16,17,18). The van der Waals surface area contributed by atoms with Gasteiger partial charge in [0.2, 0.25) is 0 Å². The van der Waals surface area contributed by atoms with E-state index in [0.29, 0.717) is 5.92 Å². The van der Waals surface area contributed by atoms with Crippen molar-refractivity contribution >= 4 is 23.4 Å². The van der Waals surface area contributed by atoms with E-state index in [9.17, 15) is 0 Å². The van der Waals surface area contributed by atoms with Gasteiger partial charge in [-0.25, -0.2) is 9.97 Å². The van der Waals surface area contributed by atoms with Crippen LogP contribution >= 0.6 is 11.8 Å². The van der Waals surface area contributed by atoms with E-state index in [4.69, 9.17) is 0 Å². The van der Waals surface area contributed by atoms with Crippen LogP contribution in [0.15, 0.2) is 6.07 Å². The van der Waals surface area contributed by atoms with E-state index in [1.807, 2.05) is 24.9 Å². The highest BCUT2D eigenvalue weighted by molar-refractivity contribution is 7.98. The van der Waals surface area contributed by atoms with Crippen molar-refractivity contribution in [2.24, 2.45) is 0 Å². The van der Waals surface area contributed by atoms with Gasteiger partial charge in [0.1, 0.15) is 17.5 Å². The lowest BCUT2D eigenvalue weighted by Gasteiger charge is -2.11. The third-order valence-corrected chi connectivity index (χ3v) is 3.54. The Bertz CT molecular complexity index is 368. The average Bonchev–Trinajstić information content (AvgIpc) is 2.42. The Morgan fingerprint density at radius 2 is 1.89 bits per heavy atom. The molecule has 0 aliphatic heterocycles. The summed E-state index contributed by atoms with van der Waals surface area (Å²) < 4.78 is 0. The van der Waals surface area contributed by atoms with Crippen molar-refractivity contribution in [1.82, 2.24) is 9.97 Å². The van der Waals surface area contributed by atoms with Gasteiger partial charge in [0.25, 0.3) is 0 Å². The quantitative estimate of drug-likeness (QED) is 0.678. The molecule has 0 aromatic carbocycles. The number of unbranched alkanes of at least 4 members (excludes halogenated alkanes) is 2. The van der Waals surface area contributed by atoms with Crippen molar-refractivity contribution in [2.45, 2.75) is 39.0 Å². The molecule has 1 aromatic heterocycles. The molecule has 0 bridgehead atoms. The number of nitrogens with one attached hydrogen (secondary N) is 2. The fourth-order valence-corrected chi connectivity index (χ4v) is 2.20. The molecule has 2 N–H and O–H groups in total. The maximum Gasteiger partial charge on any atom is 0.135 e. The lowest BCUT2D eigenvalue weighted by molar-refractivity contribution is 0.742. The molecule has 0 amide bonds. The molecule has 5 heteroatoms. The number of aromatic nitrogens is 2. The number of anilines is 2. The van der Waals surface area contributed by atoms with E-state index < -0.39 is 0 Å². The summed E-state index contributed by atoms with van der Waals surface area (Å²) in [6.07, 6.45) is 5.92. The third kappa shape index (κ3) is 6.14. The van der Waals surface area contributed by atoms with Crippen molar-refractivity contribution in [3.05, 3.63) is 11.9 Å². The van der Waals surface area contributed by atoms with Crippen LogP contribution in [0.3, 0.4) is 0 Å². The molecule has 0 spiro atoms. The van der Waals surface area contributed by atoms with Crippen LogP contribution in [0.4, 0.5) is 11.6 Å². The summed E-state index contributed by atoms with van der Waals surface area (Å²) in [5, 5.41) is 6.48. The predicted molar refractivity (Wildman–Crippen MR) is 86.4 cm³/mol. The molecule has 0 atom stereocenters. The monoisotopic (exact) mass is 282 g/mol. The van der Waals surface area contributed by atoms with Gasteiger partial charge in [0.05, 0.1) is 0 Å². The average molecular weight is 282 g/mol. The van der Waals surface area contributed by atoms with Crippen LogP contribution in [0, 0.1) is 0 Å². The molecule has 1 aromatic rings. The normalized spacial score (nSPS) is 10.8. The van der Waals surface area contributed by atoms with E-state index in [1.165, 1.54) is 25.0 Å². The van der Waals surface area contributed by atoms with Crippen LogP contribution in [-0.2, 0) is 0 Å². The Balaban J connectivity index is 2.46. The lowest BCUT2D eigenvalue weighted by atomic mass is 10.2. The second kappa shape index (κ2) is 9.02. The van der Waals surface area contributed by atoms with Gasteiger partial charge in [-0.15, -0.1) is 0 Å². The minimum absolute atomic E-state index is 0.343. The van der Waals surface area contributed by atoms with E-state index in [1.54, 1.807) is 0 Å². The SMILES string of the molecule is CNc1cc(NCCCCCSC)nc(C(C)C)n1. The Hall–Kier alpha value is -0.970. The fourth-order valence-electron chi connectivity index (χ4n) is 1.71. The van der Waals surface area contributed by atoms with Gasteiger partial charge in [0.15, 0.2) is 0 Å². The Morgan fingerprint density at radius 1 is 1.16 bits per heavy atom. The first-order chi connectivity index (χ1) is 9.17. The second-order valence-corrected chi connectivity index (χ2v) is 5.87.